The quantitative estimate of drug-likeness (QED) is 0.887. The summed E-state index contributed by atoms with van der Waals surface area (Å²) in [4.78, 5) is 19.9. The Bertz CT molecular complexity index is 631. The molecule has 3 rings (SSSR count). The van der Waals surface area contributed by atoms with E-state index in [9.17, 15) is 4.79 Å². The normalized spacial score (nSPS) is 15.4. The number of nitrogens with one attached hydrogen (secondary N) is 1. The van der Waals surface area contributed by atoms with E-state index in [0.29, 0.717) is 5.13 Å². The number of thiophene rings is 1. The van der Waals surface area contributed by atoms with Gasteiger partial charge in [0.15, 0.2) is 5.13 Å². The third kappa shape index (κ3) is 3.15. The molecule has 2 aromatic heterocycles. The molecular weight excluding hydrogens is 290 g/mol. The molecule has 0 bridgehead atoms. The molecule has 0 saturated heterocycles. The molecule has 3 heterocycles. The van der Waals surface area contributed by atoms with Crippen molar-refractivity contribution >= 4 is 39.8 Å². The molecule has 0 aliphatic carbocycles. The van der Waals surface area contributed by atoms with E-state index < -0.39 is 0 Å². The predicted octanol–water partition coefficient (Wildman–Crippen LogP) is 2.84. The van der Waals surface area contributed by atoms with E-state index in [0.717, 1.165) is 30.8 Å². The first kappa shape index (κ1) is 13.5. The summed E-state index contributed by atoms with van der Waals surface area (Å²) in [6.07, 6.45) is 4.32. The van der Waals surface area contributed by atoms with Gasteiger partial charge in [0.1, 0.15) is 0 Å². The van der Waals surface area contributed by atoms with Crippen LogP contribution in [0.1, 0.15) is 16.1 Å². The molecule has 104 valence electrons. The maximum atomic E-state index is 11.8. The number of amides is 1. The van der Waals surface area contributed by atoms with Crippen molar-refractivity contribution in [3.05, 3.63) is 39.0 Å². The van der Waals surface area contributed by atoms with Gasteiger partial charge in [-0.3, -0.25) is 10.1 Å². The summed E-state index contributed by atoms with van der Waals surface area (Å²) in [7, 11) is 2.10. The van der Waals surface area contributed by atoms with Crippen LogP contribution in [0.5, 0.6) is 0 Å². The molecule has 0 saturated carbocycles. The van der Waals surface area contributed by atoms with Gasteiger partial charge in [-0.15, -0.1) is 11.3 Å². The topological polar surface area (TPSA) is 45.2 Å². The fraction of sp³-hybridized carbons (Fsp3) is 0.286. The lowest BCUT2D eigenvalue weighted by molar-refractivity contribution is -0.111. The number of nitrogens with zero attached hydrogens (tertiary/aromatic N) is 2. The van der Waals surface area contributed by atoms with Gasteiger partial charge < -0.3 is 4.90 Å². The summed E-state index contributed by atoms with van der Waals surface area (Å²) in [5, 5.41) is 7.53. The van der Waals surface area contributed by atoms with Gasteiger partial charge in [0.25, 0.3) is 0 Å². The highest BCUT2D eigenvalue weighted by Gasteiger charge is 2.18. The monoisotopic (exact) mass is 305 g/mol. The SMILES string of the molecule is CN1CCc2nc(NC(=O)/C=C/c3ccsc3)sc2C1. The van der Waals surface area contributed by atoms with Crippen LogP contribution < -0.4 is 5.32 Å². The lowest BCUT2D eigenvalue weighted by atomic mass is 10.2. The van der Waals surface area contributed by atoms with Gasteiger partial charge >= 0.3 is 0 Å². The Labute approximate surface area is 125 Å². The number of thiazole rings is 1. The average Bonchev–Trinajstić information content (AvgIpc) is 3.04. The molecule has 6 heteroatoms. The number of carbonyl (C=O) groups excluding carboxylic acids is 1. The molecule has 0 atom stereocenters. The number of aromatic nitrogens is 1. The number of rotatable bonds is 3. The number of anilines is 1. The first-order valence-corrected chi connectivity index (χ1v) is 8.15. The van der Waals surface area contributed by atoms with Gasteiger partial charge in [-0.1, -0.05) is 0 Å². The molecule has 20 heavy (non-hydrogen) atoms. The van der Waals surface area contributed by atoms with Crippen molar-refractivity contribution in [1.29, 1.82) is 0 Å². The largest absolute Gasteiger partial charge is 0.301 e. The maximum absolute atomic E-state index is 11.8. The Morgan fingerprint density at radius 2 is 2.45 bits per heavy atom. The van der Waals surface area contributed by atoms with Gasteiger partial charge in [0, 0.05) is 30.5 Å². The van der Waals surface area contributed by atoms with E-state index in [4.69, 9.17) is 0 Å². The van der Waals surface area contributed by atoms with Crippen LogP contribution >= 0.6 is 22.7 Å². The fourth-order valence-electron chi connectivity index (χ4n) is 2.07. The third-order valence-electron chi connectivity index (χ3n) is 3.12. The molecule has 2 aromatic rings. The number of hydrogen-bond donors (Lipinski definition) is 1. The second-order valence-electron chi connectivity index (χ2n) is 4.76. The van der Waals surface area contributed by atoms with Crippen molar-refractivity contribution in [1.82, 2.24) is 9.88 Å². The van der Waals surface area contributed by atoms with Crippen molar-refractivity contribution in [3.63, 3.8) is 0 Å². The zero-order valence-corrected chi connectivity index (χ0v) is 12.8. The minimum atomic E-state index is -0.129. The predicted molar refractivity (Wildman–Crippen MR) is 84.1 cm³/mol. The Morgan fingerprint density at radius 3 is 3.25 bits per heavy atom. The van der Waals surface area contributed by atoms with Crippen LogP contribution in [-0.2, 0) is 17.8 Å². The number of fused-ring (bicyclic) bond motifs is 1. The maximum Gasteiger partial charge on any atom is 0.250 e. The molecule has 0 unspecified atom stereocenters. The summed E-state index contributed by atoms with van der Waals surface area (Å²) in [6, 6.07) is 1.98. The van der Waals surface area contributed by atoms with E-state index in [1.165, 1.54) is 4.88 Å². The Kier molecular flexibility index (Phi) is 3.95. The van der Waals surface area contributed by atoms with E-state index >= 15 is 0 Å². The second-order valence-corrected chi connectivity index (χ2v) is 6.62. The van der Waals surface area contributed by atoms with Gasteiger partial charge in [-0.2, -0.15) is 11.3 Å². The van der Waals surface area contributed by atoms with E-state index in [-0.39, 0.29) is 5.91 Å². The van der Waals surface area contributed by atoms with Gasteiger partial charge in [0.05, 0.1) is 5.69 Å². The summed E-state index contributed by atoms with van der Waals surface area (Å²) in [5.74, 6) is -0.129. The number of likely N-dealkylation sites (N-methyl/N-ethyl adjacent to an activating group) is 1. The van der Waals surface area contributed by atoms with Crippen LogP contribution in [-0.4, -0.2) is 29.4 Å². The van der Waals surface area contributed by atoms with Crippen LogP contribution in [0, 0.1) is 0 Å². The van der Waals surface area contributed by atoms with Crippen molar-refractivity contribution in [2.24, 2.45) is 0 Å². The molecule has 1 aliphatic rings. The Hall–Kier alpha value is -1.50. The van der Waals surface area contributed by atoms with E-state index in [2.05, 4.69) is 22.2 Å². The van der Waals surface area contributed by atoms with E-state index in [1.807, 2.05) is 22.9 Å². The average molecular weight is 305 g/mol. The van der Waals surface area contributed by atoms with Crippen LogP contribution in [0.25, 0.3) is 6.08 Å². The summed E-state index contributed by atoms with van der Waals surface area (Å²) >= 11 is 3.19. The van der Waals surface area contributed by atoms with Crippen molar-refractivity contribution in [2.75, 3.05) is 18.9 Å². The van der Waals surface area contributed by atoms with Gasteiger partial charge in [-0.25, -0.2) is 4.98 Å². The minimum Gasteiger partial charge on any atom is -0.301 e. The summed E-state index contributed by atoms with van der Waals surface area (Å²) in [5.41, 5.74) is 2.18. The molecule has 0 radical (unpaired) electrons. The van der Waals surface area contributed by atoms with Crippen LogP contribution in [0.2, 0.25) is 0 Å². The number of hydrogen-bond acceptors (Lipinski definition) is 5. The van der Waals surface area contributed by atoms with Crippen molar-refractivity contribution in [3.8, 4) is 0 Å². The first-order chi connectivity index (χ1) is 9.70. The van der Waals surface area contributed by atoms with E-state index in [1.54, 1.807) is 28.7 Å². The highest BCUT2D eigenvalue weighted by molar-refractivity contribution is 7.15. The zero-order valence-electron chi connectivity index (χ0n) is 11.1. The molecule has 0 spiro atoms. The molecule has 0 fully saturated rings. The summed E-state index contributed by atoms with van der Waals surface area (Å²) < 4.78 is 0. The Morgan fingerprint density at radius 1 is 1.55 bits per heavy atom. The van der Waals surface area contributed by atoms with Gasteiger partial charge in [-0.05, 0) is 35.5 Å². The van der Waals surface area contributed by atoms with Gasteiger partial charge in [0.2, 0.25) is 5.91 Å². The van der Waals surface area contributed by atoms with Crippen LogP contribution in [0.15, 0.2) is 22.9 Å². The van der Waals surface area contributed by atoms with Crippen molar-refractivity contribution < 1.29 is 4.79 Å². The molecular formula is C14H15N3OS2. The highest BCUT2D eigenvalue weighted by Crippen LogP contribution is 2.27. The Balaban J connectivity index is 1.64. The lowest BCUT2D eigenvalue weighted by Gasteiger charge is -2.20. The standard InChI is InChI=1S/C14H15N3OS2/c1-17-6-4-11-12(8-17)20-14(15-11)16-13(18)3-2-10-5-7-19-9-10/h2-3,5,7,9H,4,6,8H2,1H3,(H,15,16,18)/b3-2+. The minimum absolute atomic E-state index is 0.129. The number of carbonyl (C=O) groups is 1. The van der Waals surface area contributed by atoms with Crippen LogP contribution in [0.4, 0.5) is 5.13 Å². The molecule has 4 nitrogen and oxygen atoms in total. The van der Waals surface area contributed by atoms with Crippen LogP contribution in [0.3, 0.4) is 0 Å². The molecule has 0 aromatic carbocycles. The second kappa shape index (κ2) is 5.87. The highest BCUT2D eigenvalue weighted by atomic mass is 32.1. The fourth-order valence-corrected chi connectivity index (χ4v) is 3.79. The lowest BCUT2D eigenvalue weighted by Crippen LogP contribution is -2.25. The summed E-state index contributed by atoms with van der Waals surface area (Å²) in [6.45, 7) is 1.95. The smallest absolute Gasteiger partial charge is 0.250 e. The first-order valence-electron chi connectivity index (χ1n) is 6.39. The third-order valence-corrected chi connectivity index (χ3v) is 4.82. The molecule has 1 N–H and O–H groups in total. The molecule has 1 amide bonds. The molecule has 1 aliphatic heterocycles. The zero-order chi connectivity index (χ0) is 13.9. The van der Waals surface area contributed by atoms with Crippen molar-refractivity contribution in [2.45, 2.75) is 13.0 Å².